The molecule has 0 aliphatic carbocycles. The molecule has 0 heterocycles. The highest BCUT2D eigenvalue weighted by molar-refractivity contribution is 4.48. The van der Waals surface area contributed by atoms with E-state index in [1.807, 2.05) is 21.0 Å². The first-order valence-electron chi connectivity index (χ1n) is 2.95. The highest BCUT2D eigenvalue weighted by atomic mass is 16.3. The minimum Gasteiger partial charge on any atom is -0.393 e. The molecule has 0 amide bonds. The van der Waals surface area contributed by atoms with Gasteiger partial charge in [0.15, 0.2) is 0 Å². The smallest absolute Gasteiger partial charge is 0.0524 e. The van der Waals surface area contributed by atoms with Gasteiger partial charge in [0.25, 0.3) is 0 Å². The third kappa shape index (κ3) is 5.92. The van der Waals surface area contributed by atoms with Gasteiger partial charge in [-0.15, -0.1) is 0 Å². The number of rotatable bonds is 3. The first-order chi connectivity index (χ1) is 3.63. The Labute approximate surface area is 51.1 Å². The maximum Gasteiger partial charge on any atom is 0.0524 e. The zero-order chi connectivity index (χ0) is 6.57. The van der Waals surface area contributed by atoms with Gasteiger partial charge in [0.05, 0.1) is 6.10 Å². The Hall–Kier alpha value is -0.0800. The van der Waals surface area contributed by atoms with Crippen molar-refractivity contribution in [1.29, 1.82) is 0 Å². The summed E-state index contributed by atoms with van der Waals surface area (Å²) in [7, 11) is 4.00. The molecule has 0 fully saturated rings. The van der Waals surface area contributed by atoms with Gasteiger partial charge in [-0.3, -0.25) is 0 Å². The van der Waals surface area contributed by atoms with E-state index in [4.69, 9.17) is 5.11 Å². The van der Waals surface area contributed by atoms with Crippen LogP contribution in [-0.2, 0) is 0 Å². The third-order valence-corrected chi connectivity index (χ3v) is 0.994. The van der Waals surface area contributed by atoms with E-state index in [1.54, 1.807) is 0 Å². The van der Waals surface area contributed by atoms with Crippen molar-refractivity contribution in [3.8, 4) is 0 Å². The molecule has 0 saturated heterocycles. The number of aliphatic hydroxyl groups excluding tert-OH is 1. The summed E-state index contributed by atoms with van der Waals surface area (Å²) in [5.41, 5.74) is 0. The van der Waals surface area contributed by atoms with Crippen molar-refractivity contribution < 1.29 is 5.11 Å². The molecular formula is C6H15NO. The highest BCUT2D eigenvalue weighted by Crippen LogP contribution is 1.88. The van der Waals surface area contributed by atoms with E-state index >= 15 is 0 Å². The monoisotopic (exact) mass is 117 g/mol. The predicted octanol–water partition coefficient (Wildman–Crippen LogP) is 0.319. The molecule has 0 aliphatic rings. The summed E-state index contributed by atoms with van der Waals surface area (Å²) in [6.45, 7) is 2.78. The summed E-state index contributed by atoms with van der Waals surface area (Å²) in [5, 5.41) is 8.77. The second-order valence-corrected chi connectivity index (χ2v) is 2.44. The van der Waals surface area contributed by atoms with E-state index in [-0.39, 0.29) is 6.10 Å². The number of aliphatic hydroxyl groups is 1. The zero-order valence-corrected chi connectivity index (χ0v) is 5.89. The van der Waals surface area contributed by atoms with Crippen LogP contribution in [0.4, 0.5) is 0 Å². The summed E-state index contributed by atoms with van der Waals surface area (Å²) in [5.74, 6) is 0. The van der Waals surface area contributed by atoms with Crippen molar-refractivity contribution in [2.24, 2.45) is 0 Å². The van der Waals surface area contributed by atoms with Gasteiger partial charge in [-0.2, -0.15) is 0 Å². The summed E-state index contributed by atoms with van der Waals surface area (Å²) < 4.78 is 0. The van der Waals surface area contributed by atoms with Gasteiger partial charge in [-0.05, 0) is 34.0 Å². The molecule has 0 saturated carbocycles. The molecule has 8 heavy (non-hydrogen) atoms. The minimum absolute atomic E-state index is 0.155. The van der Waals surface area contributed by atoms with Gasteiger partial charge in [-0.1, -0.05) is 0 Å². The van der Waals surface area contributed by atoms with Gasteiger partial charge in [0, 0.05) is 0 Å². The average molecular weight is 117 g/mol. The van der Waals surface area contributed by atoms with Crippen molar-refractivity contribution in [2.75, 3.05) is 20.6 Å². The molecule has 0 radical (unpaired) electrons. The zero-order valence-electron chi connectivity index (χ0n) is 5.89. The first kappa shape index (κ1) is 7.92. The second kappa shape index (κ2) is 3.87. The summed E-state index contributed by atoms with van der Waals surface area (Å²) in [6.07, 6.45) is 0.713. The molecule has 2 heteroatoms. The van der Waals surface area contributed by atoms with Crippen LogP contribution >= 0.6 is 0 Å². The van der Waals surface area contributed by atoms with Crippen LogP contribution in [0.5, 0.6) is 0 Å². The van der Waals surface area contributed by atoms with Gasteiger partial charge >= 0.3 is 0 Å². The topological polar surface area (TPSA) is 23.5 Å². The van der Waals surface area contributed by atoms with Crippen molar-refractivity contribution in [1.82, 2.24) is 4.90 Å². The van der Waals surface area contributed by atoms with E-state index in [2.05, 4.69) is 4.90 Å². The molecule has 1 N–H and O–H groups in total. The molecular weight excluding hydrogens is 102 g/mol. The molecule has 0 rings (SSSR count). The van der Waals surface area contributed by atoms with E-state index in [0.717, 1.165) is 13.0 Å². The minimum atomic E-state index is -0.155. The standard InChI is InChI=1S/C6H15NO/c1-6(8)4-5-7(2)3/h6,8H,4-5H2,1-3H3/t6-/m1/s1. The lowest BCUT2D eigenvalue weighted by molar-refractivity contribution is 0.170. The molecule has 2 nitrogen and oxygen atoms in total. The van der Waals surface area contributed by atoms with Crippen LogP contribution in [0.2, 0.25) is 0 Å². The molecule has 0 aliphatic heterocycles. The van der Waals surface area contributed by atoms with E-state index in [0.29, 0.717) is 0 Å². The van der Waals surface area contributed by atoms with Crippen LogP contribution in [0.15, 0.2) is 0 Å². The van der Waals surface area contributed by atoms with Crippen LogP contribution in [0.3, 0.4) is 0 Å². The van der Waals surface area contributed by atoms with E-state index in [9.17, 15) is 0 Å². The Bertz CT molecular complexity index is 44.5. The Morgan fingerprint density at radius 1 is 1.50 bits per heavy atom. The number of nitrogens with zero attached hydrogens (tertiary/aromatic N) is 1. The molecule has 0 aromatic heterocycles. The lowest BCUT2D eigenvalue weighted by Crippen LogP contribution is -2.17. The SMILES string of the molecule is C[C@@H](O)CCN(C)C. The van der Waals surface area contributed by atoms with Crippen molar-refractivity contribution in [2.45, 2.75) is 19.4 Å². The highest BCUT2D eigenvalue weighted by Gasteiger charge is 1.94. The molecule has 0 spiro atoms. The lowest BCUT2D eigenvalue weighted by atomic mass is 10.3. The number of hydrogen-bond acceptors (Lipinski definition) is 2. The Morgan fingerprint density at radius 2 is 2.00 bits per heavy atom. The van der Waals surface area contributed by atoms with E-state index < -0.39 is 0 Å². The van der Waals surface area contributed by atoms with Gasteiger partial charge < -0.3 is 10.0 Å². The fourth-order valence-corrected chi connectivity index (χ4v) is 0.445. The van der Waals surface area contributed by atoms with Gasteiger partial charge in [0.1, 0.15) is 0 Å². The van der Waals surface area contributed by atoms with Gasteiger partial charge in [-0.25, -0.2) is 0 Å². The predicted molar refractivity (Wildman–Crippen MR) is 34.9 cm³/mol. The maximum atomic E-state index is 8.77. The van der Waals surface area contributed by atoms with Crippen LogP contribution in [0.1, 0.15) is 13.3 Å². The average Bonchev–Trinajstić information content (AvgIpc) is 1.61. The molecule has 0 aromatic rings. The largest absolute Gasteiger partial charge is 0.393 e. The Kier molecular flexibility index (Phi) is 3.83. The number of hydrogen-bond donors (Lipinski definition) is 1. The van der Waals surface area contributed by atoms with Crippen LogP contribution < -0.4 is 0 Å². The second-order valence-electron chi connectivity index (χ2n) is 2.44. The van der Waals surface area contributed by atoms with Crippen LogP contribution in [-0.4, -0.2) is 36.8 Å². The maximum absolute atomic E-state index is 8.77. The normalized spacial score (nSPS) is 14.6. The van der Waals surface area contributed by atoms with E-state index in [1.165, 1.54) is 0 Å². The molecule has 1 atom stereocenters. The first-order valence-corrected chi connectivity index (χ1v) is 2.95. The lowest BCUT2D eigenvalue weighted by Gasteiger charge is -2.09. The van der Waals surface area contributed by atoms with Crippen molar-refractivity contribution in [3.63, 3.8) is 0 Å². The molecule has 0 unspecified atom stereocenters. The summed E-state index contributed by atoms with van der Waals surface area (Å²) >= 11 is 0. The fraction of sp³-hybridized carbons (Fsp3) is 1.00. The van der Waals surface area contributed by atoms with Crippen molar-refractivity contribution in [3.05, 3.63) is 0 Å². The molecule has 0 bridgehead atoms. The molecule has 50 valence electrons. The van der Waals surface area contributed by atoms with Crippen molar-refractivity contribution >= 4 is 0 Å². The third-order valence-electron chi connectivity index (χ3n) is 0.994. The Morgan fingerprint density at radius 3 is 2.12 bits per heavy atom. The molecule has 0 aromatic carbocycles. The quantitative estimate of drug-likeness (QED) is 0.575. The summed E-state index contributed by atoms with van der Waals surface area (Å²) in [6, 6.07) is 0. The summed E-state index contributed by atoms with van der Waals surface area (Å²) in [4.78, 5) is 2.06. The fourth-order valence-electron chi connectivity index (χ4n) is 0.445. The van der Waals surface area contributed by atoms with Crippen LogP contribution in [0, 0.1) is 0 Å². The Balaban J connectivity index is 2.93. The van der Waals surface area contributed by atoms with Crippen LogP contribution in [0.25, 0.3) is 0 Å². The van der Waals surface area contributed by atoms with Gasteiger partial charge in [0.2, 0.25) is 0 Å².